The van der Waals surface area contributed by atoms with Crippen LogP contribution in [-0.2, 0) is 16.6 Å². The molecule has 0 saturated carbocycles. The van der Waals surface area contributed by atoms with Crippen LogP contribution in [0.2, 0.25) is 0 Å². The van der Waals surface area contributed by atoms with Gasteiger partial charge < -0.3 is 10.5 Å². The molecule has 2 aromatic rings. The van der Waals surface area contributed by atoms with Crippen LogP contribution < -0.4 is 15.2 Å². The lowest BCUT2D eigenvalue weighted by Crippen LogP contribution is -2.43. The molecule has 2 aromatic carbocycles. The first-order valence-electron chi connectivity index (χ1n) is 7.08. The van der Waals surface area contributed by atoms with E-state index in [2.05, 4.69) is 0 Å². The van der Waals surface area contributed by atoms with Gasteiger partial charge in [-0.2, -0.15) is 13.2 Å². The van der Waals surface area contributed by atoms with Gasteiger partial charge in [-0.05, 0) is 23.8 Å². The molecule has 0 heterocycles. The number of hydrogen-bond acceptors (Lipinski definition) is 4. The molecule has 2 rings (SSSR count). The van der Waals surface area contributed by atoms with Gasteiger partial charge in [-0.3, -0.25) is 0 Å². The molecule has 24 heavy (non-hydrogen) atoms. The Morgan fingerprint density at radius 1 is 1.21 bits per heavy atom. The Bertz CT molecular complexity index is 822. The average molecular weight is 362 g/mol. The summed E-state index contributed by atoms with van der Waals surface area (Å²) in [5.74, 6) is 0.411. The van der Waals surface area contributed by atoms with Crippen molar-refractivity contribution in [2.24, 2.45) is 5.73 Å². The van der Waals surface area contributed by atoms with Crippen molar-refractivity contribution in [3.8, 4) is 5.75 Å². The van der Waals surface area contributed by atoms with Crippen molar-refractivity contribution in [3.05, 3.63) is 42.0 Å². The average Bonchev–Trinajstić information content (AvgIpc) is 2.50. The van der Waals surface area contributed by atoms with Gasteiger partial charge in [-0.15, -0.1) is 0 Å². The number of benzene rings is 2. The van der Waals surface area contributed by atoms with Crippen LogP contribution in [0.25, 0.3) is 10.8 Å². The lowest BCUT2D eigenvalue weighted by atomic mass is 10.0. The van der Waals surface area contributed by atoms with Crippen LogP contribution in [0.4, 0.5) is 13.2 Å². The molecule has 0 radical (unpaired) electrons. The van der Waals surface area contributed by atoms with E-state index in [1.165, 1.54) is 11.6 Å². The van der Waals surface area contributed by atoms with Crippen molar-refractivity contribution in [3.63, 3.8) is 0 Å². The fourth-order valence-electron chi connectivity index (χ4n) is 2.24. The Labute approximate surface area is 137 Å². The number of nitrogens with one attached hydrogen (secondary N) is 1. The van der Waals surface area contributed by atoms with Crippen molar-refractivity contribution in [1.29, 1.82) is 0 Å². The van der Waals surface area contributed by atoms with Crippen molar-refractivity contribution >= 4 is 20.8 Å². The fraction of sp³-hybridized carbons (Fsp3) is 0.333. The first-order valence-corrected chi connectivity index (χ1v) is 8.56. The van der Waals surface area contributed by atoms with E-state index >= 15 is 0 Å². The number of alkyl halides is 3. The van der Waals surface area contributed by atoms with Gasteiger partial charge in [0.25, 0.3) is 0 Å². The second-order valence-corrected chi connectivity index (χ2v) is 6.95. The van der Waals surface area contributed by atoms with Gasteiger partial charge in [0.2, 0.25) is 0 Å². The fourth-order valence-corrected chi connectivity index (χ4v) is 2.97. The number of sulfonamides is 1. The summed E-state index contributed by atoms with van der Waals surface area (Å²) in [6.07, 6.45) is 0. The number of halogens is 3. The van der Waals surface area contributed by atoms with Gasteiger partial charge in [-0.25, -0.2) is 13.1 Å². The lowest BCUT2D eigenvalue weighted by molar-refractivity contribution is -0.0451. The summed E-state index contributed by atoms with van der Waals surface area (Å²) in [5.41, 5.74) is 1.09. The number of rotatable bonds is 6. The largest absolute Gasteiger partial charge is 0.511 e. The summed E-state index contributed by atoms with van der Waals surface area (Å²) < 4.78 is 66.2. The van der Waals surface area contributed by atoms with E-state index in [0.29, 0.717) is 11.3 Å². The summed E-state index contributed by atoms with van der Waals surface area (Å²) in [4.78, 5) is 0. The summed E-state index contributed by atoms with van der Waals surface area (Å²) in [7, 11) is -5.41. The van der Waals surface area contributed by atoms with E-state index in [1.807, 2.05) is 24.3 Å². The first kappa shape index (κ1) is 18.5. The molecule has 0 unspecified atom stereocenters. The smallest absolute Gasteiger partial charge is 0.492 e. The van der Waals surface area contributed by atoms with E-state index in [0.717, 1.165) is 10.8 Å². The van der Waals surface area contributed by atoms with E-state index in [4.69, 9.17) is 10.5 Å². The Morgan fingerprint density at radius 3 is 2.50 bits per heavy atom. The van der Waals surface area contributed by atoms with Crippen LogP contribution in [0, 0.1) is 0 Å². The van der Waals surface area contributed by atoms with Crippen molar-refractivity contribution < 1.29 is 26.3 Å². The highest BCUT2D eigenvalue weighted by molar-refractivity contribution is 7.90. The molecule has 0 aromatic heterocycles. The first-order chi connectivity index (χ1) is 11.2. The Balaban J connectivity index is 2.13. The highest BCUT2D eigenvalue weighted by atomic mass is 32.2. The number of hydrogen-bond donors (Lipinski definition) is 2. The second kappa shape index (κ2) is 6.96. The van der Waals surface area contributed by atoms with Crippen LogP contribution in [0.3, 0.4) is 0 Å². The molecule has 0 fully saturated rings. The highest BCUT2D eigenvalue weighted by Crippen LogP contribution is 2.28. The SMILES string of the molecule is C[C@@H](COc1ccc2ccccc2c1CN)NS(=O)(=O)C(F)(F)F. The minimum Gasteiger partial charge on any atom is -0.492 e. The molecule has 0 aliphatic carbocycles. The topological polar surface area (TPSA) is 81.4 Å². The second-order valence-electron chi connectivity index (χ2n) is 5.25. The van der Waals surface area contributed by atoms with Gasteiger partial charge in [0.1, 0.15) is 12.4 Å². The molecular weight excluding hydrogens is 345 g/mol. The molecular formula is C15H17F3N2O3S. The summed E-state index contributed by atoms with van der Waals surface area (Å²) in [5, 5.41) is 1.83. The molecule has 0 saturated heterocycles. The monoisotopic (exact) mass is 362 g/mol. The minimum absolute atomic E-state index is 0.180. The Hall–Kier alpha value is -1.84. The van der Waals surface area contributed by atoms with Gasteiger partial charge in [0.15, 0.2) is 0 Å². The zero-order valence-corrected chi connectivity index (χ0v) is 13.6. The zero-order valence-electron chi connectivity index (χ0n) is 12.8. The van der Waals surface area contributed by atoms with E-state index in [-0.39, 0.29) is 13.2 Å². The lowest BCUT2D eigenvalue weighted by Gasteiger charge is -2.18. The van der Waals surface area contributed by atoms with E-state index in [9.17, 15) is 21.6 Å². The molecule has 132 valence electrons. The Kier molecular flexibility index (Phi) is 5.36. The maximum Gasteiger partial charge on any atom is 0.511 e. The third-order valence-corrected chi connectivity index (χ3v) is 4.67. The summed E-state index contributed by atoms with van der Waals surface area (Å²) in [6.45, 7) is 1.20. The molecule has 0 bridgehead atoms. The Morgan fingerprint density at radius 2 is 1.88 bits per heavy atom. The maximum absolute atomic E-state index is 12.3. The van der Waals surface area contributed by atoms with Crippen LogP contribution in [-0.4, -0.2) is 26.6 Å². The van der Waals surface area contributed by atoms with Crippen LogP contribution in [0.1, 0.15) is 12.5 Å². The van der Waals surface area contributed by atoms with E-state index in [1.54, 1.807) is 12.1 Å². The third kappa shape index (κ3) is 3.97. The maximum atomic E-state index is 12.3. The number of ether oxygens (including phenoxy) is 1. The standard InChI is InChI=1S/C15H17F3N2O3S/c1-10(20-24(21,22)15(16,17)18)9-23-14-7-6-11-4-2-3-5-12(11)13(14)8-19/h2-7,10,20H,8-9,19H2,1H3/t10-/m0/s1. The molecule has 5 nitrogen and oxygen atoms in total. The molecule has 0 aliphatic rings. The number of nitrogens with two attached hydrogens (primary N) is 1. The van der Waals surface area contributed by atoms with Crippen molar-refractivity contribution in [2.45, 2.75) is 25.0 Å². The third-order valence-electron chi connectivity index (χ3n) is 3.35. The molecule has 1 atom stereocenters. The van der Waals surface area contributed by atoms with Gasteiger partial charge in [0, 0.05) is 12.1 Å². The van der Waals surface area contributed by atoms with Crippen LogP contribution >= 0.6 is 0 Å². The normalized spacial score (nSPS) is 13.9. The minimum atomic E-state index is -5.41. The molecule has 0 aliphatic heterocycles. The molecule has 3 N–H and O–H groups in total. The van der Waals surface area contributed by atoms with Crippen LogP contribution in [0.5, 0.6) is 5.75 Å². The predicted octanol–water partition coefficient (Wildman–Crippen LogP) is 2.50. The molecule has 9 heteroatoms. The molecule has 0 amide bonds. The predicted molar refractivity (Wildman–Crippen MR) is 84.9 cm³/mol. The molecule has 0 spiro atoms. The van der Waals surface area contributed by atoms with Gasteiger partial charge in [-0.1, -0.05) is 30.3 Å². The summed E-state index contributed by atoms with van der Waals surface area (Å²) in [6, 6.07) is 9.87. The van der Waals surface area contributed by atoms with Crippen molar-refractivity contribution in [1.82, 2.24) is 4.72 Å². The van der Waals surface area contributed by atoms with Crippen LogP contribution in [0.15, 0.2) is 36.4 Å². The summed E-state index contributed by atoms with van der Waals surface area (Å²) >= 11 is 0. The van der Waals surface area contributed by atoms with Crippen molar-refractivity contribution in [2.75, 3.05) is 6.61 Å². The zero-order chi connectivity index (χ0) is 18.0. The highest BCUT2D eigenvalue weighted by Gasteiger charge is 2.46. The van der Waals surface area contributed by atoms with Gasteiger partial charge >= 0.3 is 15.5 Å². The quantitative estimate of drug-likeness (QED) is 0.827. The van der Waals surface area contributed by atoms with E-state index < -0.39 is 21.6 Å². The van der Waals surface area contributed by atoms with Gasteiger partial charge in [0.05, 0.1) is 6.04 Å². The number of fused-ring (bicyclic) bond motifs is 1.